The highest BCUT2D eigenvalue weighted by atomic mass is 16.5. The van der Waals surface area contributed by atoms with Crippen LogP contribution in [0, 0.1) is 0 Å². The molecule has 1 rings (SSSR count). The summed E-state index contributed by atoms with van der Waals surface area (Å²) >= 11 is 0. The zero-order chi connectivity index (χ0) is 10.9. The summed E-state index contributed by atoms with van der Waals surface area (Å²) in [6, 6.07) is 0.308. The number of hydrogen-bond donors (Lipinski definition) is 1. The van der Waals surface area contributed by atoms with Gasteiger partial charge < -0.3 is 19.5 Å². The zero-order valence-corrected chi connectivity index (χ0v) is 9.83. The molecular formula is C11H23NO3. The van der Waals surface area contributed by atoms with E-state index in [-0.39, 0.29) is 0 Å². The minimum Gasteiger partial charge on any atom is -0.383 e. The first kappa shape index (κ1) is 12.9. The van der Waals surface area contributed by atoms with E-state index < -0.39 is 0 Å². The molecule has 1 heterocycles. The molecule has 1 aliphatic rings. The van der Waals surface area contributed by atoms with E-state index in [2.05, 4.69) is 12.2 Å². The molecule has 1 fully saturated rings. The third-order valence-corrected chi connectivity index (χ3v) is 2.56. The standard InChI is InChI=1S/C11H23NO3/c1-3-12-10(8-13-2)9-15-11-4-6-14-7-5-11/h10-12H,3-9H2,1-2H3. The van der Waals surface area contributed by atoms with Gasteiger partial charge in [0.2, 0.25) is 0 Å². The molecule has 0 aromatic carbocycles. The first-order chi connectivity index (χ1) is 7.36. The van der Waals surface area contributed by atoms with Crippen molar-refractivity contribution in [1.82, 2.24) is 5.32 Å². The van der Waals surface area contributed by atoms with E-state index in [9.17, 15) is 0 Å². The molecule has 0 spiro atoms. The van der Waals surface area contributed by atoms with E-state index >= 15 is 0 Å². The normalized spacial score (nSPS) is 20.4. The highest BCUT2D eigenvalue weighted by Gasteiger charge is 2.16. The number of rotatable bonds is 7. The molecule has 0 bridgehead atoms. The molecule has 0 aromatic heterocycles. The van der Waals surface area contributed by atoms with Crippen LogP contribution in [0.4, 0.5) is 0 Å². The smallest absolute Gasteiger partial charge is 0.0646 e. The van der Waals surface area contributed by atoms with E-state index in [4.69, 9.17) is 14.2 Å². The van der Waals surface area contributed by atoms with Crippen molar-refractivity contribution in [3.05, 3.63) is 0 Å². The minimum atomic E-state index is 0.308. The van der Waals surface area contributed by atoms with Crippen LogP contribution < -0.4 is 5.32 Å². The largest absolute Gasteiger partial charge is 0.383 e. The third-order valence-electron chi connectivity index (χ3n) is 2.56. The summed E-state index contributed by atoms with van der Waals surface area (Å²) < 4.78 is 16.2. The molecule has 4 nitrogen and oxygen atoms in total. The lowest BCUT2D eigenvalue weighted by Crippen LogP contribution is -2.39. The zero-order valence-electron chi connectivity index (χ0n) is 9.83. The van der Waals surface area contributed by atoms with Crippen LogP contribution >= 0.6 is 0 Å². The number of likely N-dealkylation sites (N-methyl/N-ethyl adjacent to an activating group) is 1. The molecule has 1 saturated heterocycles. The molecule has 1 N–H and O–H groups in total. The summed E-state index contributed by atoms with van der Waals surface area (Å²) in [5.41, 5.74) is 0. The number of methoxy groups -OCH3 is 1. The highest BCUT2D eigenvalue weighted by molar-refractivity contribution is 4.68. The van der Waals surface area contributed by atoms with E-state index in [1.807, 2.05) is 0 Å². The summed E-state index contributed by atoms with van der Waals surface area (Å²) in [6.45, 7) is 6.15. The maximum absolute atomic E-state index is 5.83. The van der Waals surface area contributed by atoms with Gasteiger partial charge in [-0.2, -0.15) is 0 Å². The second kappa shape index (κ2) is 8.05. The van der Waals surface area contributed by atoms with Gasteiger partial charge in [0.05, 0.1) is 25.4 Å². The summed E-state index contributed by atoms with van der Waals surface area (Å²) in [6.07, 6.45) is 2.41. The number of hydrogen-bond acceptors (Lipinski definition) is 4. The van der Waals surface area contributed by atoms with E-state index in [1.54, 1.807) is 7.11 Å². The van der Waals surface area contributed by atoms with Gasteiger partial charge >= 0.3 is 0 Å². The average Bonchev–Trinajstić information content (AvgIpc) is 2.28. The molecule has 1 unspecified atom stereocenters. The van der Waals surface area contributed by atoms with Gasteiger partial charge in [0.25, 0.3) is 0 Å². The van der Waals surface area contributed by atoms with Crippen LogP contribution in [-0.2, 0) is 14.2 Å². The molecule has 0 aliphatic carbocycles. The first-order valence-electron chi connectivity index (χ1n) is 5.78. The van der Waals surface area contributed by atoms with Gasteiger partial charge in [-0.05, 0) is 19.4 Å². The quantitative estimate of drug-likeness (QED) is 0.685. The summed E-state index contributed by atoms with van der Waals surface area (Å²) in [4.78, 5) is 0. The van der Waals surface area contributed by atoms with Crippen molar-refractivity contribution in [3.8, 4) is 0 Å². The van der Waals surface area contributed by atoms with Gasteiger partial charge in [0.1, 0.15) is 0 Å². The molecule has 0 aromatic rings. The van der Waals surface area contributed by atoms with Crippen molar-refractivity contribution in [2.24, 2.45) is 0 Å². The molecule has 0 radical (unpaired) electrons. The van der Waals surface area contributed by atoms with Gasteiger partial charge in [-0.1, -0.05) is 6.92 Å². The third kappa shape index (κ3) is 5.47. The van der Waals surface area contributed by atoms with Crippen LogP contribution in [0.1, 0.15) is 19.8 Å². The van der Waals surface area contributed by atoms with Crippen molar-refractivity contribution < 1.29 is 14.2 Å². The van der Waals surface area contributed by atoms with Crippen molar-refractivity contribution >= 4 is 0 Å². The summed E-state index contributed by atoms with van der Waals surface area (Å²) in [5.74, 6) is 0. The van der Waals surface area contributed by atoms with Crippen molar-refractivity contribution in [1.29, 1.82) is 0 Å². The lowest BCUT2D eigenvalue weighted by Gasteiger charge is -2.25. The molecule has 0 saturated carbocycles. The van der Waals surface area contributed by atoms with Gasteiger partial charge in [0, 0.05) is 20.3 Å². The van der Waals surface area contributed by atoms with E-state index in [1.165, 1.54) is 0 Å². The Morgan fingerprint density at radius 2 is 2.07 bits per heavy atom. The Balaban J connectivity index is 2.13. The second-order valence-electron chi connectivity index (χ2n) is 3.86. The second-order valence-corrected chi connectivity index (χ2v) is 3.86. The Bertz CT molecular complexity index is 143. The maximum Gasteiger partial charge on any atom is 0.0646 e. The monoisotopic (exact) mass is 217 g/mol. The molecule has 1 aliphatic heterocycles. The molecular weight excluding hydrogens is 194 g/mol. The fraction of sp³-hybridized carbons (Fsp3) is 1.00. The SMILES string of the molecule is CCNC(COC)COC1CCOCC1. The van der Waals surface area contributed by atoms with Crippen LogP contribution in [0.3, 0.4) is 0 Å². The van der Waals surface area contributed by atoms with Crippen molar-refractivity contribution in [3.63, 3.8) is 0 Å². The van der Waals surface area contributed by atoms with Crippen molar-refractivity contribution in [2.75, 3.05) is 40.1 Å². The topological polar surface area (TPSA) is 39.7 Å². The first-order valence-corrected chi connectivity index (χ1v) is 5.78. The Hall–Kier alpha value is -0.160. The lowest BCUT2D eigenvalue weighted by molar-refractivity contribution is -0.0432. The Labute approximate surface area is 92.3 Å². The van der Waals surface area contributed by atoms with Gasteiger partial charge in [-0.25, -0.2) is 0 Å². The Morgan fingerprint density at radius 3 is 2.67 bits per heavy atom. The Morgan fingerprint density at radius 1 is 1.33 bits per heavy atom. The van der Waals surface area contributed by atoms with E-state index in [0.717, 1.165) is 39.2 Å². The fourth-order valence-electron chi connectivity index (χ4n) is 1.75. The average molecular weight is 217 g/mol. The maximum atomic E-state index is 5.83. The summed E-state index contributed by atoms with van der Waals surface area (Å²) in [7, 11) is 1.72. The van der Waals surface area contributed by atoms with Crippen molar-refractivity contribution in [2.45, 2.75) is 31.9 Å². The predicted octanol–water partition coefficient (Wildman–Crippen LogP) is 0.806. The van der Waals surface area contributed by atoms with Gasteiger partial charge in [0.15, 0.2) is 0 Å². The minimum absolute atomic E-state index is 0.308. The molecule has 90 valence electrons. The van der Waals surface area contributed by atoms with Crippen LogP contribution in [0.5, 0.6) is 0 Å². The van der Waals surface area contributed by atoms with Crippen LogP contribution in [-0.4, -0.2) is 52.2 Å². The number of nitrogens with one attached hydrogen (secondary N) is 1. The molecule has 15 heavy (non-hydrogen) atoms. The summed E-state index contributed by atoms with van der Waals surface area (Å²) in [5, 5.41) is 3.34. The fourth-order valence-corrected chi connectivity index (χ4v) is 1.75. The molecule has 1 atom stereocenters. The van der Waals surface area contributed by atoms with Gasteiger partial charge in [-0.3, -0.25) is 0 Å². The molecule has 0 amide bonds. The van der Waals surface area contributed by atoms with Crippen LogP contribution in [0.15, 0.2) is 0 Å². The van der Waals surface area contributed by atoms with Gasteiger partial charge in [-0.15, -0.1) is 0 Å². The van der Waals surface area contributed by atoms with E-state index in [0.29, 0.717) is 18.8 Å². The predicted molar refractivity (Wildman–Crippen MR) is 59.1 cm³/mol. The molecule has 4 heteroatoms. The van der Waals surface area contributed by atoms with Crippen LogP contribution in [0.25, 0.3) is 0 Å². The Kier molecular flexibility index (Phi) is 6.92. The number of ether oxygens (including phenoxy) is 3. The highest BCUT2D eigenvalue weighted by Crippen LogP contribution is 2.10. The lowest BCUT2D eigenvalue weighted by atomic mass is 10.1. The van der Waals surface area contributed by atoms with Crippen LogP contribution in [0.2, 0.25) is 0 Å².